The molecule has 2 aromatic rings. The Morgan fingerprint density at radius 1 is 1.28 bits per heavy atom. The van der Waals surface area contributed by atoms with Crippen molar-refractivity contribution in [2.24, 2.45) is 10.7 Å². The number of anilines is 1. The maximum absolute atomic E-state index is 14.6. The van der Waals surface area contributed by atoms with Gasteiger partial charge in [-0.25, -0.2) is 12.8 Å². The summed E-state index contributed by atoms with van der Waals surface area (Å²) in [6, 6.07) is 3.70. The number of nitrogens with zero attached hydrogens (tertiary/aromatic N) is 2. The molecule has 0 aliphatic carbocycles. The molecule has 4 N–H and O–H groups in total. The molecule has 1 aromatic heterocycles. The predicted molar refractivity (Wildman–Crippen MR) is 106 cm³/mol. The highest BCUT2D eigenvalue weighted by atomic mass is 32.2. The number of carbonyl (C=O) groups excluding carboxylic acids is 1. The fourth-order valence-electron chi connectivity index (χ4n) is 2.99. The number of aromatic amines is 1. The average molecular weight is 421 g/mol. The van der Waals surface area contributed by atoms with Gasteiger partial charge in [-0.3, -0.25) is 19.6 Å². The molecule has 0 spiro atoms. The molecule has 1 aromatic carbocycles. The number of amidine groups is 1. The summed E-state index contributed by atoms with van der Waals surface area (Å²) in [6.07, 6.45) is 2.18. The van der Waals surface area contributed by atoms with Crippen LogP contribution in [0.5, 0.6) is 0 Å². The zero-order valence-corrected chi connectivity index (χ0v) is 16.8. The van der Waals surface area contributed by atoms with Gasteiger partial charge in [-0.1, -0.05) is 0 Å². The standard InChI is InChI=1S/C18H20FN5O4S/c1-17(2)16(20)24-18(3,9-29(17,27)28)11-6-10(4-5-12(11)19)22-15(26)13-7-21-8-14(25)23-13/h4-8H,9H2,1-3H3,(H2,20,24)(H,22,26)(H,23,25)/t18-/m0/s1. The second-order valence-electron chi connectivity index (χ2n) is 7.50. The van der Waals surface area contributed by atoms with Gasteiger partial charge in [0.15, 0.2) is 9.84 Å². The molecule has 0 radical (unpaired) electrons. The van der Waals surface area contributed by atoms with Crippen LogP contribution in [0.4, 0.5) is 10.1 Å². The third-order valence-electron chi connectivity index (χ3n) is 4.94. The van der Waals surface area contributed by atoms with Crippen molar-refractivity contribution in [1.82, 2.24) is 9.97 Å². The number of hydrogen-bond acceptors (Lipinski definition) is 7. The highest BCUT2D eigenvalue weighted by molar-refractivity contribution is 7.93. The maximum atomic E-state index is 14.6. The van der Waals surface area contributed by atoms with Crippen molar-refractivity contribution < 1.29 is 17.6 Å². The first-order valence-corrected chi connectivity index (χ1v) is 10.2. The van der Waals surface area contributed by atoms with Crippen molar-refractivity contribution in [2.45, 2.75) is 31.1 Å². The minimum absolute atomic E-state index is 0.0306. The molecule has 3 rings (SSSR count). The summed E-state index contributed by atoms with van der Waals surface area (Å²) in [5.74, 6) is -1.92. The van der Waals surface area contributed by atoms with Crippen LogP contribution in [0.15, 0.2) is 40.4 Å². The van der Waals surface area contributed by atoms with Crippen LogP contribution in [-0.4, -0.2) is 40.6 Å². The fourth-order valence-corrected chi connectivity index (χ4v) is 4.67. The molecule has 1 aliphatic rings. The largest absolute Gasteiger partial charge is 0.386 e. The predicted octanol–water partition coefficient (Wildman–Crippen LogP) is 0.941. The van der Waals surface area contributed by atoms with E-state index in [9.17, 15) is 22.4 Å². The Kier molecular flexibility index (Phi) is 4.81. The zero-order chi connectivity index (χ0) is 21.6. The van der Waals surface area contributed by atoms with Crippen LogP contribution in [0.3, 0.4) is 0 Å². The van der Waals surface area contributed by atoms with E-state index in [-0.39, 0.29) is 22.8 Å². The fraction of sp³-hybridized carbons (Fsp3) is 0.333. The number of benzene rings is 1. The lowest BCUT2D eigenvalue weighted by Gasteiger charge is -2.38. The Bertz CT molecular complexity index is 1190. The molecule has 154 valence electrons. The van der Waals surface area contributed by atoms with Crippen molar-refractivity contribution in [3.63, 3.8) is 0 Å². The van der Waals surface area contributed by atoms with Crippen LogP contribution in [0.1, 0.15) is 36.8 Å². The van der Waals surface area contributed by atoms with Crippen molar-refractivity contribution in [2.75, 3.05) is 11.1 Å². The van der Waals surface area contributed by atoms with E-state index in [0.717, 1.165) is 12.3 Å². The molecular formula is C18H20FN5O4S. The highest BCUT2D eigenvalue weighted by Gasteiger charge is 2.49. The molecule has 2 heterocycles. The van der Waals surface area contributed by atoms with Crippen LogP contribution in [0.2, 0.25) is 0 Å². The number of H-pyrrole nitrogens is 1. The third-order valence-corrected chi connectivity index (χ3v) is 7.64. The molecule has 11 heteroatoms. The molecule has 0 unspecified atom stereocenters. The lowest BCUT2D eigenvalue weighted by atomic mass is 9.92. The van der Waals surface area contributed by atoms with Gasteiger partial charge in [-0.15, -0.1) is 0 Å². The van der Waals surface area contributed by atoms with Crippen molar-refractivity contribution >= 4 is 27.3 Å². The van der Waals surface area contributed by atoms with E-state index in [4.69, 9.17) is 5.73 Å². The number of aromatic nitrogens is 2. The Morgan fingerprint density at radius 2 is 1.97 bits per heavy atom. The molecule has 0 saturated carbocycles. The molecule has 1 aliphatic heterocycles. The van der Waals surface area contributed by atoms with Crippen molar-refractivity contribution in [1.29, 1.82) is 0 Å². The smallest absolute Gasteiger partial charge is 0.273 e. The number of carbonyl (C=O) groups is 1. The number of hydrogen-bond donors (Lipinski definition) is 3. The Balaban J connectivity index is 2.01. The third kappa shape index (κ3) is 3.65. The van der Waals surface area contributed by atoms with Gasteiger partial charge in [0.05, 0.1) is 18.1 Å². The normalized spacial score (nSPS) is 22.6. The topological polar surface area (TPSA) is 147 Å². The molecule has 9 nitrogen and oxygen atoms in total. The van der Waals surface area contributed by atoms with Gasteiger partial charge in [0, 0.05) is 11.3 Å². The first-order chi connectivity index (χ1) is 13.4. The summed E-state index contributed by atoms with van der Waals surface area (Å²) in [4.78, 5) is 33.9. The number of nitrogens with one attached hydrogen (secondary N) is 2. The Morgan fingerprint density at radius 3 is 2.59 bits per heavy atom. The number of halogens is 1. The average Bonchev–Trinajstić information content (AvgIpc) is 2.61. The second-order valence-corrected chi connectivity index (χ2v) is 10.0. The van der Waals surface area contributed by atoms with E-state index in [1.54, 1.807) is 0 Å². The van der Waals surface area contributed by atoms with Gasteiger partial charge in [0.2, 0.25) is 0 Å². The first kappa shape index (κ1) is 20.6. The van der Waals surface area contributed by atoms with Crippen LogP contribution in [0.25, 0.3) is 0 Å². The van der Waals surface area contributed by atoms with Gasteiger partial charge < -0.3 is 16.0 Å². The molecule has 0 bridgehead atoms. The van der Waals surface area contributed by atoms with E-state index in [2.05, 4.69) is 20.3 Å². The van der Waals surface area contributed by atoms with Gasteiger partial charge in [-0.2, -0.15) is 0 Å². The molecule has 29 heavy (non-hydrogen) atoms. The number of rotatable bonds is 3. The second kappa shape index (κ2) is 6.76. The van der Waals surface area contributed by atoms with Crippen LogP contribution < -0.4 is 16.6 Å². The summed E-state index contributed by atoms with van der Waals surface area (Å²) in [7, 11) is -3.72. The first-order valence-electron chi connectivity index (χ1n) is 8.59. The zero-order valence-electron chi connectivity index (χ0n) is 16.0. The summed E-state index contributed by atoms with van der Waals surface area (Å²) in [5.41, 5.74) is 3.95. The quantitative estimate of drug-likeness (QED) is 0.672. The van der Waals surface area contributed by atoms with E-state index >= 15 is 0 Å². The van der Waals surface area contributed by atoms with Crippen LogP contribution in [-0.2, 0) is 15.4 Å². The Labute approximate surface area is 166 Å². The summed E-state index contributed by atoms with van der Waals surface area (Å²) < 4.78 is 38.6. The molecule has 1 amide bonds. The van der Waals surface area contributed by atoms with E-state index in [1.165, 1.54) is 39.1 Å². The number of aliphatic imine (C=N–C) groups is 1. The number of amides is 1. The Hall–Kier alpha value is -3.08. The monoisotopic (exact) mass is 421 g/mol. The summed E-state index contributed by atoms with van der Waals surface area (Å²) >= 11 is 0. The van der Waals surface area contributed by atoms with Gasteiger partial charge >= 0.3 is 0 Å². The van der Waals surface area contributed by atoms with E-state index < -0.39 is 43.2 Å². The summed E-state index contributed by atoms with van der Waals surface area (Å²) in [5, 5.41) is 2.51. The van der Waals surface area contributed by atoms with Crippen LogP contribution in [0, 0.1) is 5.82 Å². The number of nitrogens with two attached hydrogens (primary N) is 1. The maximum Gasteiger partial charge on any atom is 0.273 e. The van der Waals surface area contributed by atoms with Gasteiger partial charge in [0.25, 0.3) is 11.5 Å². The molecular weight excluding hydrogens is 401 g/mol. The van der Waals surface area contributed by atoms with Crippen molar-refractivity contribution in [3.05, 3.63) is 58.0 Å². The minimum Gasteiger partial charge on any atom is -0.386 e. The summed E-state index contributed by atoms with van der Waals surface area (Å²) in [6.45, 7) is 4.36. The lowest BCUT2D eigenvalue weighted by molar-refractivity contribution is 0.102. The molecule has 0 fully saturated rings. The van der Waals surface area contributed by atoms with Crippen molar-refractivity contribution in [3.8, 4) is 0 Å². The SMILES string of the molecule is CC1(C)C(N)=N[C@](C)(c2cc(NC(=O)c3cncc(=O)[nH]3)ccc2F)CS1(=O)=O. The van der Waals surface area contributed by atoms with Gasteiger partial charge in [0.1, 0.15) is 27.6 Å². The van der Waals surface area contributed by atoms with E-state index in [0.29, 0.717) is 0 Å². The number of sulfone groups is 1. The molecule has 1 atom stereocenters. The van der Waals surface area contributed by atoms with E-state index in [1.807, 2.05) is 0 Å². The van der Waals surface area contributed by atoms with Gasteiger partial charge in [-0.05, 0) is 39.0 Å². The molecule has 0 saturated heterocycles. The minimum atomic E-state index is -3.72. The van der Waals surface area contributed by atoms with Crippen LogP contribution >= 0.6 is 0 Å². The lowest BCUT2D eigenvalue weighted by Crippen LogP contribution is -2.55. The highest BCUT2D eigenvalue weighted by Crippen LogP contribution is 2.38.